The molecule has 1 atom stereocenters. The minimum Gasteiger partial charge on any atom is -0.490 e. The summed E-state index contributed by atoms with van der Waals surface area (Å²) in [6.07, 6.45) is 10.9. The maximum absolute atomic E-state index is 14.1. The normalized spacial score (nSPS) is 22.8. The predicted molar refractivity (Wildman–Crippen MR) is 114 cm³/mol. The first kappa shape index (κ1) is 21.8. The lowest BCUT2D eigenvalue weighted by atomic mass is 9.86. The lowest BCUT2D eigenvalue weighted by molar-refractivity contribution is -0.134. The van der Waals surface area contributed by atoms with Crippen molar-refractivity contribution in [3.8, 4) is 5.75 Å². The van der Waals surface area contributed by atoms with Crippen molar-refractivity contribution in [3.05, 3.63) is 41.9 Å². The molecule has 4 N–H and O–H groups in total. The molecule has 3 fully saturated rings. The van der Waals surface area contributed by atoms with Crippen molar-refractivity contribution < 1.29 is 18.7 Å². The van der Waals surface area contributed by atoms with Crippen molar-refractivity contribution in [3.63, 3.8) is 0 Å². The van der Waals surface area contributed by atoms with Crippen molar-refractivity contribution >= 4 is 11.8 Å². The molecule has 1 heterocycles. The van der Waals surface area contributed by atoms with E-state index in [9.17, 15) is 14.0 Å². The number of rotatable bonds is 11. The highest BCUT2D eigenvalue weighted by atomic mass is 19.1. The third kappa shape index (κ3) is 5.62. The first-order valence-corrected chi connectivity index (χ1v) is 11.2. The van der Waals surface area contributed by atoms with Gasteiger partial charge in [-0.05, 0) is 68.3 Å². The van der Waals surface area contributed by atoms with Crippen LogP contribution in [0.15, 0.2) is 30.5 Å². The number of hydrazine groups is 1. The number of benzene rings is 1. The van der Waals surface area contributed by atoms with Gasteiger partial charge in [-0.15, -0.1) is 0 Å². The van der Waals surface area contributed by atoms with Crippen LogP contribution < -0.4 is 26.2 Å². The molecular weight excluding hydrogens is 399 g/mol. The largest absolute Gasteiger partial charge is 0.490 e. The van der Waals surface area contributed by atoms with Crippen LogP contribution in [0.3, 0.4) is 0 Å². The number of hydrogen-bond acceptors (Lipinski definition) is 6. The van der Waals surface area contributed by atoms with E-state index in [1.807, 2.05) is 18.2 Å². The lowest BCUT2D eigenvalue weighted by Crippen LogP contribution is -2.49. The number of amides is 2. The zero-order valence-electron chi connectivity index (χ0n) is 17.7. The Morgan fingerprint density at radius 2 is 2.06 bits per heavy atom. The number of nitrogens with one attached hydrogen (secondary N) is 4. The zero-order valence-corrected chi connectivity index (χ0v) is 17.7. The number of carbonyl (C=O) groups is 2. The Hall–Kier alpha value is -2.45. The predicted octanol–water partition coefficient (Wildman–Crippen LogP) is 2.39. The van der Waals surface area contributed by atoms with Crippen molar-refractivity contribution in [1.82, 2.24) is 21.5 Å². The Kier molecular flexibility index (Phi) is 6.87. The van der Waals surface area contributed by atoms with Gasteiger partial charge in [-0.1, -0.05) is 18.6 Å². The Bertz CT molecular complexity index is 836. The molecule has 1 aliphatic heterocycles. The van der Waals surface area contributed by atoms with Crippen LogP contribution in [0.2, 0.25) is 0 Å². The minimum atomic E-state index is -0.353. The van der Waals surface area contributed by atoms with Crippen LogP contribution in [0.5, 0.6) is 5.75 Å². The zero-order chi connectivity index (χ0) is 21.7. The first-order chi connectivity index (χ1) is 15.1. The van der Waals surface area contributed by atoms with E-state index in [2.05, 4.69) is 21.5 Å². The summed E-state index contributed by atoms with van der Waals surface area (Å²) in [5.41, 5.74) is 7.52. The second kappa shape index (κ2) is 9.78. The van der Waals surface area contributed by atoms with Gasteiger partial charge in [0.05, 0.1) is 12.1 Å². The van der Waals surface area contributed by atoms with Gasteiger partial charge in [0, 0.05) is 13.0 Å². The van der Waals surface area contributed by atoms with E-state index < -0.39 is 0 Å². The second-order valence-corrected chi connectivity index (χ2v) is 8.75. The fourth-order valence-corrected chi connectivity index (χ4v) is 3.90. The van der Waals surface area contributed by atoms with Crippen LogP contribution in [0.1, 0.15) is 56.9 Å². The summed E-state index contributed by atoms with van der Waals surface area (Å²) < 4.78 is 19.9. The molecule has 2 aliphatic carbocycles. The molecule has 0 spiro atoms. The third-order valence-corrected chi connectivity index (χ3v) is 6.35. The maximum Gasteiger partial charge on any atom is 0.249 e. The molecule has 1 saturated heterocycles. The summed E-state index contributed by atoms with van der Waals surface area (Å²) in [6, 6.07) is 4.81. The fraction of sp³-hybridized carbons (Fsp3) is 0.565. The van der Waals surface area contributed by atoms with E-state index in [0.717, 1.165) is 24.8 Å². The van der Waals surface area contributed by atoms with Gasteiger partial charge in [-0.2, -0.15) is 0 Å². The standard InChI is InChI=1S/C23H31FN4O3/c24-18-7-6-17(14-20(18)31-15-16-4-3-5-16)23(10-11-23)28-26-13-2-1-12-25-19-8-9-21(29)27-22(19)30/h1,6-7,12,14,16,19,25-26,28H,2-5,8-11,13,15H2,(H,27,29,30)/b12-1+. The summed E-state index contributed by atoms with van der Waals surface area (Å²) in [4.78, 5) is 22.8. The quantitative estimate of drug-likeness (QED) is 0.245. The van der Waals surface area contributed by atoms with Gasteiger partial charge in [-0.25, -0.2) is 9.82 Å². The van der Waals surface area contributed by atoms with Gasteiger partial charge in [0.15, 0.2) is 11.6 Å². The number of piperidine rings is 1. The number of carbonyl (C=O) groups excluding carboxylic acids is 2. The topological polar surface area (TPSA) is 91.5 Å². The van der Waals surface area contributed by atoms with Gasteiger partial charge in [-0.3, -0.25) is 20.3 Å². The van der Waals surface area contributed by atoms with Gasteiger partial charge >= 0.3 is 0 Å². The molecule has 3 aliphatic rings. The molecule has 1 unspecified atom stereocenters. The fourth-order valence-electron chi connectivity index (χ4n) is 3.90. The highest BCUT2D eigenvalue weighted by molar-refractivity contribution is 6.00. The highest BCUT2D eigenvalue weighted by Crippen LogP contribution is 2.46. The Morgan fingerprint density at radius 1 is 1.23 bits per heavy atom. The molecule has 8 heteroatoms. The van der Waals surface area contributed by atoms with Crippen molar-refractivity contribution in [1.29, 1.82) is 0 Å². The molecule has 1 aromatic carbocycles. The molecule has 2 saturated carbocycles. The third-order valence-electron chi connectivity index (χ3n) is 6.35. The number of ether oxygens (including phenoxy) is 1. The molecule has 7 nitrogen and oxygen atoms in total. The number of hydrogen-bond donors (Lipinski definition) is 4. The van der Waals surface area contributed by atoms with Gasteiger partial charge in [0.2, 0.25) is 11.8 Å². The van der Waals surface area contributed by atoms with Crippen LogP contribution in [-0.4, -0.2) is 31.0 Å². The van der Waals surface area contributed by atoms with E-state index in [0.29, 0.717) is 37.7 Å². The highest BCUT2D eigenvalue weighted by Gasteiger charge is 2.44. The molecule has 1 aromatic rings. The average Bonchev–Trinajstić information content (AvgIpc) is 3.50. The van der Waals surface area contributed by atoms with Crippen molar-refractivity contribution in [2.75, 3.05) is 13.2 Å². The summed E-state index contributed by atoms with van der Waals surface area (Å²) in [5, 5.41) is 5.36. The molecule has 31 heavy (non-hydrogen) atoms. The maximum atomic E-state index is 14.1. The van der Waals surface area contributed by atoms with E-state index in [1.54, 1.807) is 6.20 Å². The second-order valence-electron chi connectivity index (χ2n) is 8.75. The summed E-state index contributed by atoms with van der Waals surface area (Å²) in [6.45, 7) is 1.31. The van der Waals surface area contributed by atoms with Crippen molar-refractivity contribution in [2.24, 2.45) is 5.92 Å². The molecule has 0 radical (unpaired) electrons. The smallest absolute Gasteiger partial charge is 0.249 e. The van der Waals surface area contributed by atoms with Crippen LogP contribution >= 0.6 is 0 Å². The van der Waals surface area contributed by atoms with Gasteiger partial charge in [0.1, 0.15) is 6.04 Å². The van der Waals surface area contributed by atoms with Crippen LogP contribution in [-0.2, 0) is 15.1 Å². The van der Waals surface area contributed by atoms with Gasteiger partial charge < -0.3 is 10.1 Å². The summed E-state index contributed by atoms with van der Waals surface area (Å²) >= 11 is 0. The monoisotopic (exact) mass is 430 g/mol. The Balaban J connectivity index is 1.18. The van der Waals surface area contributed by atoms with E-state index in [1.165, 1.54) is 25.3 Å². The van der Waals surface area contributed by atoms with Gasteiger partial charge in [0.25, 0.3) is 0 Å². The lowest BCUT2D eigenvalue weighted by Gasteiger charge is -2.25. The van der Waals surface area contributed by atoms with E-state index >= 15 is 0 Å². The molecule has 4 rings (SSSR count). The molecule has 0 aromatic heterocycles. The first-order valence-electron chi connectivity index (χ1n) is 11.2. The van der Waals surface area contributed by atoms with Crippen LogP contribution in [0, 0.1) is 11.7 Å². The molecule has 168 valence electrons. The summed E-state index contributed by atoms with van der Waals surface area (Å²) in [7, 11) is 0. The Labute approximate surface area is 182 Å². The van der Waals surface area contributed by atoms with Crippen molar-refractivity contribution in [2.45, 2.75) is 62.9 Å². The average molecular weight is 431 g/mol. The van der Waals surface area contributed by atoms with Crippen LogP contribution in [0.4, 0.5) is 4.39 Å². The molecule has 2 amide bonds. The number of imide groups is 1. The molecular formula is C23H31FN4O3. The SMILES string of the molecule is O=C1CCC(N/C=C/CCNNC2(c3ccc(F)c(OCC4CCC4)c3)CC2)C(=O)N1. The Morgan fingerprint density at radius 3 is 2.77 bits per heavy atom. The van der Waals surface area contributed by atoms with E-state index in [4.69, 9.17) is 4.74 Å². The molecule has 0 bridgehead atoms. The number of halogens is 1. The van der Waals surface area contributed by atoms with Crippen LogP contribution in [0.25, 0.3) is 0 Å². The van der Waals surface area contributed by atoms with E-state index in [-0.39, 0.29) is 29.2 Å². The minimum absolute atomic E-state index is 0.170. The summed E-state index contributed by atoms with van der Waals surface area (Å²) in [5.74, 6) is 0.122.